The van der Waals surface area contributed by atoms with Crippen molar-refractivity contribution in [3.8, 4) is 11.5 Å². The molecule has 0 radical (unpaired) electrons. The lowest BCUT2D eigenvalue weighted by molar-refractivity contribution is -0.131. The van der Waals surface area contributed by atoms with E-state index in [1.165, 1.54) is 14.0 Å². The van der Waals surface area contributed by atoms with Gasteiger partial charge in [-0.2, -0.15) is 0 Å². The topological polar surface area (TPSA) is 65.7 Å². The molecular weight excluding hydrogens is 224 g/mol. The lowest BCUT2D eigenvalue weighted by Crippen LogP contribution is -2.06. The van der Waals surface area contributed by atoms with Crippen LogP contribution < -0.4 is 15.1 Å². The van der Waals surface area contributed by atoms with Crippen molar-refractivity contribution in [1.29, 1.82) is 0 Å². The molecule has 0 aliphatic heterocycles. The predicted octanol–water partition coefficient (Wildman–Crippen LogP) is 1.73. The van der Waals surface area contributed by atoms with Gasteiger partial charge in [0.15, 0.2) is 0 Å². The molecule has 1 aromatic carbocycles. The highest BCUT2D eigenvalue weighted by molar-refractivity contribution is 5.86. The maximum Gasteiger partial charge on any atom is 0.339 e. The summed E-state index contributed by atoms with van der Waals surface area (Å²) in [6, 6.07) is 6.05. The first-order chi connectivity index (χ1) is 8.10. The summed E-state index contributed by atoms with van der Waals surface area (Å²) in [6.45, 7) is 1.27. The van der Waals surface area contributed by atoms with Crippen molar-refractivity contribution in [2.45, 2.75) is 6.92 Å². The highest BCUT2D eigenvalue weighted by atomic mass is 16.5. The summed E-state index contributed by atoms with van der Waals surface area (Å²) in [7, 11) is 1.51. The van der Waals surface area contributed by atoms with Gasteiger partial charge in [-0.25, -0.2) is 4.79 Å². The number of ether oxygens (including phenoxy) is 2. The van der Waals surface area contributed by atoms with Gasteiger partial charge in [-0.05, 0) is 12.1 Å². The van der Waals surface area contributed by atoms with Crippen molar-refractivity contribution in [3.63, 3.8) is 0 Å². The van der Waals surface area contributed by atoms with Crippen LogP contribution >= 0.6 is 0 Å². The van der Waals surface area contributed by atoms with E-state index in [0.717, 1.165) is 6.07 Å². The van der Waals surface area contributed by atoms with Crippen LogP contribution in [0.5, 0.6) is 11.5 Å². The zero-order valence-electron chi connectivity index (χ0n) is 9.35. The molecule has 0 amide bonds. The minimum atomic E-state index is -0.581. The van der Waals surface area contributed by atoms with E-state index in [1.54, 1.807) is 18.2 Å². The Balaban J connectivity index is 2.67. The van der Waals surface area contributed by atoms with Crippen molar-refractivity contribution >= 4 is 16.9 Å². The second-order valence-electron chi connectivity index (χ2n) is 3.39. The molecule has 88 valence electrons. The fourth-order valence-corrected chi connectivity index (χ4v) is 1.48. The number of methoxy groups -OCH3 is 1. The number of carbonyl (C=O) groups excluding carboxylic acids is 1. The fourth-order valence-electron chi connectivity index (χ4n) is 1.48. The average Bonchev–Trinajstić information content (AvgIpc) is 2.27. The van der Waals surface area contributed by atoms with Gasteiger partial charge in [0.2, 0.25) is 0 Å². The molecule has 0 aliphatic rings. The smallest absolute Gasteiger partial charge is 0.339 e. The maximum absolute atomic E-state index is 11.3. The SMILES string of the molecule is COc1ccc2c(OC(C)=O)cc(=O)oc2c1. The third-order valence-corrected chi connectivity index (χ3v) is 2.17. The third kappa shape index (κ3) is 2.28. The highest BCUT2D eigenvalue weighted by Gasteiger charge is 2.09. The summed E-state index contributed by atoms with van der Waals surface area (Å²) in [5, 5.41) is 0.542. The molecule has 0 fully saturated rings. The van der Waals surface area contributed by atoms with Crippen LogP contribution in [0.3, 0.4) is 0 Å². The number of carbonyl (C=O) groups is 1. The van der Waals surface area contributed by atoms with E-state index in [4.69, 9.17) is 13.9 Å². The van der Waals surface area contributed by atoms with Crippen molar-refractivity contribution in [2.75, 3.05) is 7.11 Å². The van der Waals surface area contributed by atoms with Gasteiger partial charge >= 0.3 is 11.6 Å². The van der Waals surface area contributed by atoms with Gasteiger partial charge in [0.25, 0.3) is 0 Å². The number of hydrogen-bond donors (Lipinski definition) is 0. The Kier molecular flexibility index (Phi) is 2.82. The predicted molar refractivity (Wildman–Crippen MR) is 60.3 cm³/mol. The first-order valence-corrected chi connectivity index (χ1v) is 4.90. The lowest BCUT2D eigenvalue weighted by Gasteiger charge is -2.05. The van der Waals surface area contributed by atoms with E-state index in [-0.39, 0.29) is 5.75 Å². The Bertz CT molecular complexity index is 626. The van der Waals surface area contributed by atoms with Gasteiger partial charge in [-0.1, -0.05) is 0 Å². The number of esters is 1. The van der Waals surface area contributed by atoms with E-state index in [0.29, 0.717) is 16.7 Å². The molecule has 1 heterocycles. The maximum atomic E-state index is 11.3. The minimum absolute atomic E-state index is 0.186. The van der Waals surface area contributed by atoms with Crippen LogP contribution in [0.2, 0.25) is 0 Å². The van der Waals surface area contributed by atoms with Gasteiger partial charge in [-0.3, -0.25) is 4.79 Å². The molecule has 0 spiro atoms. The van der Waals surface area contributed by atoms with Crippen molar-refractivity contribution < 1.29 is 18.7 Å². The zero-order chi connectivity index (χ0) is 12.4. The van der Waals surface area contributed by atoms with Gasteiger partial charge in [0.05, 0.1) is 18.6 Å². The number of fused-ring (bicyclic) bond motifs is 1. The van der Waals surface area contributed by atoms with Gasteiger partial charge in [0, 0.05) is 13.0 Å². The average molecular weight is 234 g/mol. The molecule has 0 unspecified atom stereocenters. The van der Waals surface area contributed by atoms with Crippen LogP contribution in [0.15, 0.2) is 33.5 Å². The van der Waals surface area contributed by atoms with E-state index in [1.807, 2.05) is 0 Å². The molecule has 0 saturated carbocycles. The molecule has 0 saturated heterocycles. The monoisotopic (exact) mass is 234 g/mol. The molecule has 1 aromatic heterocycles. The minimum Gasteiger partial charge on any atom is -0.497 e. The highest BCUT2D eigenvalue weighted by Crippen LogP contribution is 2.27. The third-order valence-electron chi connectivity index (χ3n) is 2.17. The van der Waals surface area contributed by atoms with Crippen molar-refractivity contribution in [3.05, 3.63) is 34.7 Å². The molecule has 5 heteroatoms. The first kappa shape index (κ1) is 11.2. The summed E-state index contributed by atoms with van der Waals surface area (Å²) in [6.07, 6.45) is 0. The van der Waals surface area contributed by atoms with Crippen LogP contribution in [-0.2, 0) is 4.79 Å². The first-order valence-electron chi connectivity index (χ1n) is 4.90. The Labute approximate surface area is 96.6 Å². The quantitative estimate of drug-likeness (QED) is 0.584. The Morgan fingerprint density at radius 1 is 1.29 bits per heavy atom. The molecule has 0 atom stereocenters. The van der Waals surface area contributed by atoms with Crippen molar-refractivity contribution in [1.82, 2.24) is 0 Å². The molecule has 0 aliphatic carbocycles. The summed E-state index contributed by atoms with van der Waals surface area (Å²) in [5.41, 5.74) is -0.268. The lowest BCUT2D eigenvalue weighted by atomic mass is 10.2. The Morgan fingerprint density at radius 2 is 2.06 bits per heavy atom. The van der Waals surface area contributed by atoms with Gasteiger partial charge < -0.3 is 13.9 Å². The molecule has 0 bridgehead atoms. The molecule has 17 heavy (non-hydrogen) atoms. The standard InChI is InChI=1S/C12H10O5/c1-7(13)16-11-6-12(14)17-10-5-8(15-2)3-4-9(10)11/h3-6H,1-2H3. The van der Waals surface area contributed by atoms with E-state index < -0.39 is 11.6 Å². The van der Waals surface area contributed by atoms with Crippen LogP contribution in [-0.4, -0.2) is 13.1 Å². The van der Waals surface area contributed by atoms with E-state index in [2.05, 4.69) is 0 Å². The largest absolute Gasteiger partial charge is 0.497 e. The number of hydrogen-bond acceptors (Lipinski definition) is 5. The second-order valence-corrected chi connectivity index (χ2v) is 3.39. The molecule has 2 rings (SSSR count). The van der Waals surface area contributed by atoms with Crippen LogP contribution in [0.1, 0.15) is 6.92 Å². The number of benzene rings is 1. The molecular formula is C12H10O5. The molecule has 0 N–H and O–H groups in total. The molecule has 5 nitrogen and oxygen atoms in total. The summed E-state index contributed by atoms with van der Waals surface area (Å²) in [4.78, 5) is 22.2. The second kappa shape index (κ2) is 4.29. The fraction of sp³-hybridized carbons (Fsp3) is 0.167. The van der Waals surface area contributed by atoms with Crippen LogP contribution in [0, 0.1) is 0 Å². The van der Waals surface area contributed by atoms with Gasteiger partial charge in [0.1, 0.15) is 17.1 Å². The number of rotatable bonds is 2. The van der Waals surface area contributed by atoms with Gasteiger partial charge in [-0.15, -0.1) is 0 Å². The summed E-state index contributed by atoms with van der Waals surface area (Å²) in [5.74, 6) is 0.250. The summed E-state index contributed by atoms with van der Waals surface area (Å²) >= 11 is 0. The van der Waals surface area contributed by atoms with Crippen molar-refractivity contribution in [2.24, 2.45) is 0 Å². The van der Waals surface area contributed by atoms with E-state index in [9.17, 15) is 9.59 Å². The Morgan fingerprint density at radius 3 is 2.71 bits per heavy atom. The van der Waals surface area contributed by atoms with E-state index >= 15 is 0 Å². The zero-order valence-corrected chi connectivity index (χ0v) is 9.35. The molecule has 2 aromatic rings. The van der Waals surface area contributed by atoms with Crippen LogP contribution in [0.25, 0.3) is 11.0 Å². The Hall–Kier alpha value is -2.30. The summed E-state index contributed by atoms with van der Waals surface area (Å²) < 4.78 is 15.0. The normalized spacial score (nSPS) is 10.2. The van der Waals surface area contributed by atoms with Crippen LogP contribution in [0.4, 0.5) is 0 Å².